The SMILES string of the molecule is O=C1CC2(CCN(C(=O)c3cc([N+](=O)[O-])ccc3Cl)CC2)Oc2ccc(Cl)cc21. The predicted octanol–water partition coefficient (Wildman–Crippen LogP) is 4.54. The number of ketones is 1. The molecule has 7 nitrogen and oxygen atoms in total. The van der Waals surface area contributed by atoms with E-state index in [4.69, 9.17) is 27.9 Å². The fourth-order valence-electron chi connectivity index (χ4n) is 3.82. The normalized spacial score (nSPS) is 17.6. The summed E-state index contributed by atoms with van der Waals surface area (Å²) >= 11 is 12.1. The molecule has 1 spiro atoms. The summed E-state index contributed by atoms with van der Waals surface area (Å²) in [5.41, 5.74) is -0.286. The van der Waals surface area contributed by atoms with E-state index in [2.05, 4.69) is 0 Å². The zero-order valence-corrected chi connectivity index (χ0v) is 16.7. The average Bonchev–Trinajstić information content (AvgIpc) is 2.69. The van der Waals surface area contributed by atoms with Gasteiger partial charge < -0.3 is 9.64 Å². The van der Waals surface area contributed by atoms with Crippen LogP contribution < -0.4 is 4.74 Å². The molecule has 0 aromatic heterocycles. The minimum Gasteiger partial charge on any atom is -0.486 e. The summed E-state index contributed by atoms with van der Waals surface area (Å²) in [4.78, 5) is 37.5. The Kier molecular flexibility index (Phi) is 4.96. The van der Waals surface area contributed by atoms with Gasteiger partial charge in [0, 0.05) is 43.1 Å². The number of non-ortho nitro benzene ring substituents is 1. The maximum Gasteiger partial charge on any atom is 0.270 e. The highest BCUT2D eigenvalue weighted by molar-refractivity contribution is 6.34. The molecule has 9 heteroatoms. The van der Waals surface area contributed by atoms with Crippen molar-refractivity contribution in [2.45, 2.75) is 24.9 Å². The minimum absolute atomic E-state index is 0.0322. The second-order valence-electron chi connectivity index (χ2n) is 7.24. The molecule has 0 N–H and O–H groups in total. The van der Waals surface area contributed by atoms with Crippen molar-refractivity contribution in [1.82, 2.24) is 4.90 Å². The first-order valence-electron chi connectivity index (χ1n) is 9.03. The number of rotatable bonds is 2. The molecule has 0 aliphatic carbocycles. The number of fused-ring (bicyclic) bond motifs is 1. The van der Waals surface area contributed by atoms with Crippen molar-refractivity contribution >= 4 is 40.6 Å². The summed E-state index contributed by atoms with van der Waals surface area (Å²) in [6.07, 6.45) is 1.16. The van der Waals surface area contributed by atoms with Gasteiger partial charge in [-0.3, -0.25) is 19.7 Å². The van der Waals surface area contributed by atoms with E-state index in [-0.39, 0.29) is 34.4 Å². The quantitative estimate of drug-likeness (QED) is 0.510. The smallest absolute Gasteiger partial charge is 0.270 e. The maximum atomic E-state index is 12.9. The second kappa shape index (κ2) is 7.31. The number of benzene rings is 2. The monoisotopic (exact) mass is 434 g/mol. The third-order valence-corrected chi connectivity index (χ3v) is 5.97. The van der Waals surface area contributed by atoms with Gasteiger partial charge in [-0.05, 0) is 24.3 Å². The number of piperidine rings is 1. The number of carbonyl (C=O) groups is 2. The molecule has 0 radical (unpaired) electrons. The highest BCUT2D eigenvalue weighted by Gasteiger charge is 2.44. The van der Waals surface area contributed by atoms with Gasteiger partial charge in [-0.2, -0.15) is 0 Å². The van der Waals surface area contributed by atoms with E-state index >= 15 is 0 Å². The number of nitro groups is 1. The molecule has 2 aromatic carbocycles. The number of ether oxygens (including phenoxy) is 1. The number of amides is 1. The lowest BCUT2D eigenvalue weighted by Gasteiger charge is -2.44. The predicted molar refractivity (Wildman–Crippen MR) is 107 cm³/mol. The molecule has 2 heterocycles. The number of nitro benzene ring substituents is 1. The van der Waals surface area contributed by atoms with Gasteiger partial charge in [0.1, 0.15) is 11.4 Å². The Hall–Kier alpha value is -2.64. The lowest BCUT2D eigenvalue weighted by molar-refractivity contribution is -0.384. The second-order valence-corrected chi connectivity index (χ2v) is 8.08. The molecular weight excluding hydrogens is 419 g/mol. The summed E-state index contributed by atoms with van der Waals surface area (Å²) in [5, 5.41) is 11.6. The lowest BCUT2D eigenvalue weighted by Crippen LogP contribution is -2.52. The van der Waals surface area contributed by atoms with Crippen LogP contribution in [0.5, 0.6) is 5.75 Å². The Balaban J connectivity index is 1.51. The van der Waals surface area contributed by atoms with Crippen molar-refractivity contribution in [3.05, 3.63) is 67.7 Å². The zero-order chi connectivity index (χ0) is 20.8. The van der Waals surface area contributed by atoms with Gasteiger partial charge in [0.2, 0.25) is 0 Å². The highest BCUT2D eigenvalue weighted by Crippen LogP contribution is 2.40. The standard InChI is InChI=1S/C20H16Cl2N2O5/c21-12-1-4-18-15(9-12)17(25)11-20(29-18)5-7-23(8-6-20)19(26)14-10-13(24(27)28)2-3-16(14)22/h1-4,9-10H,5-8,11H2. The van der Waals surface area contributed by atoms with Gasteiger partial charge in [0.05, 0.1) is 27.5 Å². The summed E-state index contributed by atoms with van der Waals surface area (Å²) in [5.74, 6) is 0.102. The molecule has 2 aliphatic rings. The van der Waals surface area contributed by atoms with Crippen molar-refractivity contribution in [3.8, 4) is 5.75 Å². The molecule has 150 valence electrons. The van der Waals surface area contributed by atoms with Crippen LogP contribution in [0.4, 0.5) is 5.69 Å². The van der Waals surface area contributed by atoms with E-state index in [0.29, 0.717) is 42.3 Å². The lowest BCUT2D eigenvalue weighted by atomic mass is 9.82. The molecular formula is C20H16Cl2N2O5. The van der Waals surface area contributed by atoms with Crippen molar-refractivity contribution in [1.29, 1.82) is 0 Å². The van der Waals surface area contributed by atoms with Crippen LogP contribution in [-0.4, -0.2) is 40.2 Å². The topological polar surface area (TPSA) is 89.8 Å². The van der Waals surface area contributed by atoms with Crippen LogP contribution in [-0.2, 0) is 0 Å². The fraction of sp³-hybridized carbons (Fsp3) is 0.300. The Labute approximate surface area is 176 Å². The largest absolute Gasteiger partial charge is 0.486 e. The van der Waals surface area contributed by atoms with Gasteiger partial charge in [0.15, 0.2) is 5.78 Å². The Morgan fingerprint density at radius 1 is 1.14 bits per heavy atom. The molecule has 1 amide bonds. The molecule has 0 atom stereocenters. The Bertz CT molecular complexity index is 1030. The van der Waals surface area contributed by atoms with Crippen LogP contribution in [0.3, 0.4) is 0 Å². The third-order valence-electron chi connectivity index (χ3n) is 5.40. The number of hydrogen-bond donors (Lipinski definition) is 0. The van der Waals surface area contributed by atoms with Crippen LogP contribution >= 0.6 is 23.2 Å². The molecule has 1 fully saturated rings. The molecule has 2 aromatic rings. The van der Waals surface area contributed by atoms with E-state index in [1.807, 2.05) is 0 Å². The van der Waals surface area contributed by atoms with E-state index in [9.17, 15) is 19.7 Å². The number of likely N-dealkylation sites (tertiary alicyclic amines) is 1. The molecule has 0 unspecified atom stereocenters. The first-order chi connectivity index (χ1) is 13.8. The summed E-state index contributed by atoms with van der Waals surface area (Å²) < 4.78 is 6.16. The number of nitrogens with zero attached hydrogens (tertiary/aromatic N) is 2. The Morgan fingerprint density at radius 2 is 1.86 bits per heavy atom. The first-order valence-corrected chi connectivity index (χ1v) is 9.79. The average molecular weight is 435 g/mol. The van der Waals surface area contributed by atoms with Gasteiger partial charge in [-0.1, -0.05) is 23.2 Å². The molecule has 0 bridgehead atoms. The number of Topliss-reactive ketones (excluding diaryl/α,β-unsaturated/α-hetero) is 1. The number of halogens is 2. The first kappa shape index (κ1) is 19.7. The van der Waals surface area contributed by atoms with Crippen LogP contribution in [0.15, 0.2) is 36.4 Å². The van der Waals surface area contributed by atoms with E-state index in [1.54, 1.807) is 23.1 Å². The van der Waals surface area contributed by atoms with E-state index in [0.717, 1.165) is 0 Å². The summed E-state index contributed by atoms with van der Waals surface area (Å²) in [6, 6.07) is 8.77. The summed E-state index contributed by atoms with van der Waals surface area (Å²) in [7, 11) is 0. The van der Waals surface area contributed by atoms with Crippen molar-refractivity contribution < 1.29 is 19.2 Å². The molecule has 29 heavy (non-hydrogen) atoms. The number of hydrogen-bond acceptors (Lipinski definition) is 5. The van der Waals surface area contributed by atoms with Crippen molar-refractivity contribution in [3.63, 3.8) is 0 Å². The van der Waals surface area contributed by atoms with Crippen LogP contribution in [0.25, 0.3) is 0 Å². The highest BCUT2D eigenvalue weighted by atomic mass is 35.5. The van der Waals surface area contributed by atoms with E-state index < -0.39 is 10.5 Å². The van der Waals surface area contributed by atoms with Gasteiger partial charge >= 0.3 is 0 Å². The molecule has 1 saturated heterocycles. The van der Waals surface area contributed by atoms with Crippen molar-refractivity contribution in [2.24, 2.45) is 0 Å². The molecule has 0 saturated carbocycles. The van der Waals surface area contributed by atoms with Crippen LogP contribution in [0.2, 0.25) is 10.0 Å². The molecule has 2 aliphatic heterocycles. The number of carbonyl (C=O) groups excluding carboxylic acids is 2. The van der Waals surface area contributed by atoms with E-state index in [1.165, 1.54) is 18.2 Å². The Morgan fingerprint density at radius 3 is 2.55 bits per heavy atom. The zero-order valence-electron chi connectivity index (χ0n) is 15.2. The molecule has 4 rings (SSSR count). The van der Waals surface area contributed by atoms with Crippen LogP contribution in [0, 0.1) is 10.1 Å². The van der Waals surface area contributed by atoms with Gasteiger partial charge in [0.25, 0.3) is 11.6 Å². The van der Waals surface area contributed by atoms with Crippen LogP contribution in [0.1, 0.15) is 40.0 Å². The summed E-state index contributed by atoms with van der Waals surface area (Å²) in [6.45, 7) is 0.710. The maximum absolute atomic E-state index is 12.9. The van der Waals surface area contributed by atoms with Gasteiger partial charge in [-0.15, -0.1) is 0 Å². The van der Waals surface area contributed by atoms with Crippen molar-refractivity contribution in [2.75, 3.05) is 13.1 Å². The fourth-order valence-corrected chi connectivity index (χ4v) is 4.19. The minimum atomic E-state index is -0.666. The third kappa shape index (κ3) is 3.68. The van der Waals surface area contributed by atoms with Gasteiger partial charge in [-0.25, -0.2) is 0 Å².